The van der Waals surface area contributed by atoms with E-state index in [2.05, 4.69) is 39.4 Å². The zero-order chi connectivity index (χ0) is 23.5. The summed E-state index contributed by atoms with van der Waals surface area (Å²) in [4.78, 5) is 35.5. The molecule has 1 aromatic carbocycles. The summed E-state index contributed by atoms with van der Waals surface area (Å²) in [5.41, 5.74) is 3.02. The highest BCUT2D eigenvalue weighted by molar-refractivity contribution is 7.20. The van der Waals surface area contributed by atoms with E-state index >= 15 is 0 Å². The number of benzene rings is 1. The number of nitrogens with zero attached hydrogens (tertiary/aromatic N) is 5. The molecule has 0 spiro atoms. The van der Waals surface area contributed by atoms with Gasteiger partial charge < -0.3 is 15.1 Å². The van der Waals surface area contributed by atoms with Gasteiger partial charge in [0.15, 0.2) is 0 Å². The van der Waals surface area contributed by atoms with E-state index in [0.717, 1.165) is 74.5 Å². The second kappa shape index (κ2) is 10.2. The van der Waals surface area contributed by atoms with Crippen LogP contribution in [0.15, 0.2) is 35.1 Å². The minimum Gasteiger partial charge on any atom is -0.355 e. The lowest BCUT2D eigenvalue weighted by Crippen LogP contribution is -2.44. The van der Waals surface area contributed by atoms with Crippen molar-refractivity contribution in [2.45, 2.75) is 45.1 Å². The first-order valence-electron chi connectivity index (χ1n) is 12.3. The second-order valence-electron chi connectivity index (χ2n) is 9.43. The van der Waals surface area contributed by atoms with Crippen molar-refractivity contribution in [3.63, 3.8) is 0 Å². The first-order chi connectivity index (χ1) is 16.6. The van der Waals surface area contributed by atoms with Crippen LogP contribution in [0.4, 0.5) is 5.13 Å². The van der Waals surface area contributed by atoms with Gasteiger partial charge in [0.1, 0.15) is 0 Å². The average Bonchev–Trinajstić information content (AvgIpc) is 3.29. The predicted octanol–water partition coefficient (Wildman–Crippen LogP) is 2.49. The summed E-state index contributed by atoms with van der Waals surface area (Å²) in [5, 5.41) is 8.52. The SMILES string of the molecule is CN(CCNC(=O)[C@H]1CCCN(c2nn3c(=O)c4c(nc3s2)CCCC4)C1)Cc1ccccc1. The Morgan fingerprint density at radius 2 is 2.03 bits per heavy atom. The molecule has 1 atom stereocenters. The lowest BCUT2D eigenvalue weighted by molar-refractivity contribution is -0.125. The number of fused-ring (bicyclic) bond motifs is 2. The number of nitrogens with one attached hydrogen (secondary N) is 1. The monoisotopic (exact) mass is 480 g/mol. The minimum atomic E-state index is -0.0712. The van der Waals surface area contributed by atoms with Crippen LogP contribution in [0.5, 0.6) is 0 Å². The number of amides is 1. The van der Waals surface area contributed by atoms with Crippen LogP contribution >= 0.6 is 11.3 Å². The molecule has 1 aliphatic carbocycles. The quantitative estimate of drug-likeness (QED) is 0.560. The van der Waals surface area contributed by atoms with Crippen LogP contribution in [0.3, 0.4) is 0 Å². The van der Waals surface area contributed by atoms with Gasteiger partial charge in [-0.3, -0.25) is 9.59 Å². The van der Waals surface area contributed by atoms with Gasteiger partial charge >= 0.3 is 0 Å². The molecule has 5 rings (SSSR count). The van der Waals surface area contributed by atoms with Gasteiger partial charge in [-0.05, 0) is 51.1 Å². The summed E-state index contributed by atoms with van der Waals surface area (Å²) in [6.45, 7) is 3.76. The van der Waals surface area contributed by atoms with Gasteiger partial charge in [-0.1, -0.05) is 41.7 Å². The lowest BCUT2D eigenvalue weighted by atomic mass is 9.97. The maximum absolute atomic E-state index is 12.9. The molecule has 1 fully saturated rings. The maximum atomic E-state index is 12.9. The number of likely N-dealkylation sites (N-methyl/N-ethyl adjacent to an activating group) is 1. The van der Waals surface area contributed by atoms with Crippen LogP contribution in [0.2, 0.25) is 0 Å². The van der Waals surface area contributed by atoms with E-state index in [1.165, 1.54) is 21.4 Å². The lowest BCUT2D eigenvalue weighted by Gasteiger charge is -2.31. The number of hydrogen-bond donors (Lipinski definition) is 1. The Morgan fingerprint density at radius 1 is 1.21 bits per heavy atom. The minimum absolute atomic E-state index is 0.0203. The van der Waals surface area contributed by atoms with E-state index in [1.807, 2.05) is 18.2 Å². The molecule has 0 bridgehead atoms. The molecule has 1 amide bonds. The Hall–Kier alpha value is -2.78. The Bertz CT molecular complexity index is 1210. The number of carbonyl (C=O) groups is 1. The third-order valence-electron chi connectivity index (χ3n) is 6.82. The van der Waals surface area contributed by atoms with Crippen molar-refractivity contribution in [3.05, 3.63) is 57.5 Å². The van der Waals surface area contributed by atoms with E-state index in [-0.39, 0.29) is 17.4 Å². The molecule has 3 aromatic rings. The van der Waals surface area contributed by atoms with Crippen LogP contribution in [0, 0.1) is 5.92 Å². The highest BCUT2D eigenvalue weighted by atomic mass is 32.1. The summed E-state index contributed by atoms with van der Waals surface area (Å²) in [6.07, 6.45) is 5.61. The Balaban J connectivity index is 1.18. The smallest absolute Gasteiger partial charge is 0.278 e. The van der Waals surface area contributed by atoms with E-state index in [4.69, 9.17) is 4.98 Å². The summed E-state index contributed by atoms with van der Waals surface area (Å²) >= 11 is 1.46. The van der Waals surface area contributed by atoms with Crippen molar-refractivity contribution < 1.29 is 4.79 Å². The van der Waals surface area contributed by atoms with Gasteiger partial charge in [0.2, 0.25) is 16.0 Å². The molecule has 9 heteroatoms. The third-order valence-corrected chi connectivity index (χ3v) is 7.79. The first-order valence-corrected chi connectivity index (χ1v) is 13.1. The number of rotatable bonds is 7. The fourth-order valence-corrected chi connectivity index (χ4v) is 5.89. The number of anilines is 1. The molecule has 3 heterocycles. The van der Waals surface area contributed by atoms with E-state index in [0.29, 0.717) is 18.1 Å². The Morgan fingerprint density at radius 3 is 2.88 bits per heavy atom. The maximum Gasteiger partial charge on any atom is 0.278 e. The van der Waals surface area contributed by atoms with Gasteiger partial charge in [0.05, 0.1) is 11.6 Å². The molecule has 1 saturated heterocycles. The molecule has 1 N–H and O–H groups in total. The number of aryl methyl sites for hydroxylation is 1. The van der Waals surface area contributed by atoms with Crippen LogP contribution < -0.4 is 15.8 Å². The third kappa shape index (κ3) is 5.00. The van der Waals surface area contributed by atoms with Crippen molar-refractivity contribution in [2.24, 2.45) is 5.92 Å². The summed E-state index contributed by atoms with van der Waals surface area (Å²) in [5.74, 6) is 0.0303. The molecule has 0 radical (unpaired) electrons. The van der Waals surface area contributed by atoms with Crippen LogP contribution in [0.25, 0.3) is 4.96 Å². The van der Waals surface area contributed by atoms with E-state index in [1.54, 1.807) is 0 Å². The molecule has 2 aliphatic rings. The topological polar surface area (TPSA) is 82.8 Å². The largest absolute Gasteiger partial charge is 0.355 e. The zero-order valence-electron chi connectivity index (χ0n) is 19.7. The fraction of sp³-hybridized carbons (Fsp3) is 0.520. The predicted molar refractivity (Wildman–Crippen MR) is 134 cm³/mol. The number of carbonyl (C=O) groups excluding carboxylic acids is 1. The summed E-state index contributed by atoms with van der Waals surface area (Å²) in [7, 11) is 2.07. The molecule has 34 heavy (non-hydrogen) atoms. The molecule has 8 nitrogen and oxygen atoms in total. The van der Waals surface area contributed by atoms with Crippen molar-refractivity contribution >= 4 is 27.3 Å². The molecule has 0 saturated carbocycles. The molecule has 180 valence electrons. The number of hydrogen-bond acceptors (Lipinski definition) is 7. The molecule has 2 aromatic heterocycles. The molecule has 0 unspecified atom stereocenters. The second-order valence-corrected chi connectivity index (χ2v) is 10.4. The molecular weight excluding hydrogens is 448 g/mol. The standard InChI is InChI=1S/C25H32N6O2S/c1-29(16-18-8-3-2-4-9-18)15-13-26-22(32)19-10-7-14-30(17-19)25-28-31-23(33)20-11-5-6-12-21(20)27-24(31)34-25/h2-4,8-9,19H,5-7,10-17H2,1H3,(H,26,32)/t19-/m0/s1. The van der Waals surface area contributed by atoms with E-state index < -0.39 is 0 Å². The van der Waals surface area contributed by atoms with Crippen molar-refractivity contribution in [1.29, 1.82) is 0 Å². The number of aromatic nitrogens is 3. The van der Waals surface area contributed by atoms with Gasteiger partial charge in [-0.25, -0.2) is 4.98 Å². The van der Waals surface area contributed by atoms with Gasteiger partial charge in [0.25, 0.3) is 5.56 Å². The van der Waals surface area contributed by atoms with Crippen molar-refractivity contribution in [3.8, 4) is 0 Å². The summed E-state index contributed by atoms with van der Waals surface area (Å²) in [6, 6.07) is 10.4. The van der Waals surface area contributed by atoms with Crippen LogP contribution in [-0.4, -0.2) is 58.6 Å². The molecule has 1 aliphatic heterocycles. The van der Waals surface area contributed by atoms with Gasteiger partial charge in [-0.2, -0.15) is 4.52 Å². The van der Waals surface area contributed by atoms with Gasteiger partial charge in [0, 0.05) is 38.3 Å². The normalized spacial score (nSPS) is 18.3. The Labute approximate surface area is 203 Å². The molecular formula is C25H32N6O2S. The summed E-state index contributed by atoms with van der Waals surface area (Å²) < 4.78 is 1.47. The number of piperidine rings is 1. The van der Waals surface area contributed by atoms with Crippen LogP contribution in [-0.2, 0) is 24.2 Å². The fourth-order valence-electron chi connectivity index (χ4n) is 4.94. The first kappa shape index (κ1) is 23.0. The van der Waals surface area contributed by atoms with Crippen LogP contribution in [0.1, 0.15) is 42.5 Å². The highest BCUT2D eigenvalue weighted by Crippen LogP contribution is 2.28. The van der Waals surface area contributed by atoms with Crippen molar-refractivity contribution in [1.82, 2.24) is 24.8 Å². The zero-order valence-corrected chi connectivity index (χ0v) is 20.5. The van der Waals surface area contributed by atoms with Crippen molar-refractivity contribution in [2.75, 3.05) is 38.1 Å². The van der Waals surface area contributed by atoms with E-state index in [9.17, 15) is 9.59 Å². The Kier molecular flexibility index (Phi) is 6.92. The van der Waals surface area contributed by atoms with Gasteiger partial charge in [-0.15, -0.1) is 5.10 Å². The highest BCUT2D eigenvalue weighted by Gasteiger charge is 2.28. The average molecular weight is 481 g/mol.